The average molecular weight is 303 g/mol. The Hall–Kier alpha value is -1.65. The molecule has 112 valence electrons. The second-order valence-corrected chi connectivity index (χ2v) is 6.36. The molecule has 0 spiro atoms. The fraction of sp³-hybridized carbons (Fsp3) is 0.353. The minimum absolute atomic E-state index is 0.0629. The van der Waals surface area contributed by atoms with Gasteiger partial charge in [-0.25, -0.2) is 0 Å². The highest BCUT2D eigenvalue weighted by Crippen LogP contribution is 2.24. The van der Waals surface area contributed by atoms with Crippen molar-refractivity contribution in [2.75, 3.05) is 6.54 Å². The summed E-state index contributed by atoms with van der Waals surface area (Å²) in [7, 11) is 0. The highest BCUT2D eigenvalue weighted by molar-refractivity contribution is 7.07. The van der Waals surface area contributed by atoms with Gasteiger partial charge in [0.1, 0.15) is 0 Å². The Balaban J connectivity index is 1.87. The predicted molar refractivity (Wildman–Crippen MR) is 86.4 cm³/mol. The molecular formula is C17H21NO2S. The molecule has 0 fully saturated rings. The van der Waals surface area contributed by atoms with Crippen LogP contribution in [0.25, 0.3) is 0 Å². The smallest absolute Gasteiger partial charge is 0.223 e. The molecule has 3 nitrogen and oxygen atoms in total. The zero-order valence-electron chi connectivity index (χ0n) is 12.4. The van der Waals surface area contributed by atoms with E-state index < -0.39 is 5.60 Å². The Morgan fingerprint density at radius 2 is 2.05 bits per heavy atom. The second-order valence-electron chi connectivity index (χ2n) is 5.58. The summed E-state index contributed by atoms with van der Waals surface area (Å²) in [4.78, 5) is 12.0. The molecule has 0 radical (unpaired) electrons. The quantitative estimate of drug-likeness (QED) is 0.860. The zero-order valence-corrected chi connectivity index (χ0v) is 13.2. The maximum Gasteiger partial charge on any atom is 0.223 e. The minimum atomic E-state index is -1.14. The molecule has 2 rings (SSSR count). The molecule has 2 unspecified atom stereocenters. The number of amides is 1. The molecule has 0 aliphatic carbocycles. The Bertz CT molecular complexity index is 564. The van der Waals surface area contributed by atoms with Crippen LogP contribution in [0.5, 0.6) is 0 Å². The first kappa shape index (κ1) is 15.7. The van der Waals surface area contributed by atoms with Crippen molar-refractivity contribution in [1.82, 2.24) is 5.32 Å². The van der Waals surface area contributed by atoms with Crippen LogP contribution in [0.15, 0.2) is 47.2 Å². The van der Waals surface area contributed by atoms with Crippen molar-refractivity contribution in [2.45, 2.75) is 31.8 Å². The SMILES string of the molecule is CC(CNC(=O)CC(C)(O)c1ccccc1)c1ccsc1. The van der Waals surface area contributed by atoms with Crippen molar-refractivity contribution in [1.29, 1.82) is 0 Å². The second kappa shape index (κ2) is 6.87. The molecule has 0 bridgehead atoms. The van der Waals surface area contributed by atoms with Crippen molar-refractivity contribution < 1.29 is 9.90 Å². The minimum Gasteiger partial charge on any atom is -0.385 e. The van der Waals surface area contributed by atoms with Crippen LogP contribution in [-0.4, -0.2) is 17.6 Å². The van der Waals surface area contributed by atoms with Crippen molar-refractivity contribution >= 4 is 17.2 Å². The largest absolute Gasteiger partial charge is 0.385 e. The van der Waals surface area contributed by atoms with Crippen molar-refractivity contribution in [3.05, 3.63) is 58.3 Å². The molecule has 21 heavy (non-hydrogen) atoms. The highest BCUT2D eigenvalue weighted by atomic mass is 32.1. The average Bonchev–Trinajstić information content (AvgIpc) is 2.99. The fourth-order valence-corrected chi connectivity index (χ4v) is 3.00. The van der Waals surface area contributed by atoms with Gasteiger partial charge in [-0.1, -0.05) is 37.3 Å². The lowest BCUT2D eigenvalue weighted by Gasteiger charge is -2.23. The summed E-state index contributed by atoms with van der Waals surface area (Å²) < 4.78 is 0. The van der Waals surface area contributed by atoms with Crippen LogP contribution in [0.2, 0.25) is 0 Å². The third-order valence-corrected chi connectivity index (χ3v) is 4.32. The van der Waals surface area contributed by atoms with E-state index >= 15 is 0 Å². The number of rotatable bonds is 6. The van der Waals surface area contributed by atoms with Gasteiger partial charge in [0.2, 0.25) is 5.91 Å². The van der Waals surface area contributed by atoms with Crippen molar-refractivity contribution in [2.24, 2.45) is 0 Å². The molecule has 1 amide bonds. The third-order valence-electron chi connectivity index (χ3n) is 3.62. The van der Waals surface area contributed by atoms with Crippen LogP contribution >= 0.6 is 11.3 Å². The molecule has 0 aliphatic heterocycles. The molecule has 0 saturated carbocycles. The van der Waals surface area contributed by atoms with E-state index in [1.807, 2.05) is 35.7 Å². The summed E-state index contributed by atoms with van der Waals surface area (Å²) in [6.45, 7) is 4.34. The summed E-state index contributed by atoms with van der Waals surface area (Å²) >= 11 is 1.66. The Labute approximate surface area is 129 Å². The molecule has 0 saturated heterocycles. The maximum absolute atomic E-state index is 12.0. The normalized spacial score (nSPS) is 15.2. The Kier molecular flexibility index (Phi) is 5.15. The number of thiophene rings is 1. The molecule has 1 aromatic heterocycles. The predicted octanol–water partition coefficient (Wildman–Crippen LogP) is 3.27. The molecule has 2 N–H and O–H groups in total. The number of hydrogen-bond acceptors (Lipinski definition) is 3. The van der Waals surface area contributed by atoms with E-state index in [4.69, 9.17) is 0 Å². The first-order valence-electron chi connectivity index (χ1n) is 7.06. The van der Waals surface area contributed by atoms with Gasteiger partial charge in [0.15, 0.2) is 0 Å². The van der Waals surface area contributed by atoms with Gasteiger partial charge in [-0.2, -0.15) is 11.3 Å². The van der Waals surface area contributed by atoms with Gasteiger partial charge >= 0.3 is 0 Å². The van der Waals surface area contributed by atoms with E-state index in [0.29, 0.717) is 6.54 Å². The standard InChI is InChI=1S/C17H21NO2S/c1-13(14-8-9-21-12-14)11-18-16(19)10-17(2,20)15-6-4-3-5-7-15/h3-9,12-13,20H,10-11H2,1-2H3,(H,18,19). The number of benzene rings is 1. The zero-order chi connectivity index (χ0) is 15.3. The van der Waals surface area contributed by atoms with E-state index in [9.17, 15) is 9.90 Å². The van der Waals surface area contributed by atoms with E-state index in [-0.39, 0.29) is 18.2 Å². The van der Waals surface area contributed by atoms with Crippen LogP contribution in [-0.2, 0) is 10.4 Å². The molecule has 2 aromatic rings. The maximum atomic E-state index is 12.0. The van der Waals surface area contributed by atoms with Gasteiger partial charge in [-0.05, 0) is 40.8 Å². The summed E-state index contributed by atoms with van der Waals surface area (Å²) in [5, 5.41) is 17.5. The summed E-state index contributed by atoms with van der Waals surface area (Å²) in [5.74, 6) is 0.146. The van der Waals surface area contributed by atoms with Crippen molar-refractivity contribution in [3.63, 3.8) is 0 Å². The summed E-state index contributed by atoms with van der Waals surface area (Å²) in [6, 6.07) is 11.4. The lowest BCUT2D eigenvalue weighted by molar-refractivity contribution is -0.125. The van der Waals surface area contributed by atoms with Crippen LogP contribution in [0.4, 0.5) is 0 Å². The van der Waals surface area contributed by atoms with E-state index in [1.54, 1.807) is 18.3 Å². The number of carbonyl (C=O) groups is 1. The van der Waals surface area contributed by atoms with Crippen LogP contribution < -0.4 is 5.32 Å². The third kappa shape index (κ3) is 4.41. The number of aliphatic hydroxyl groups is 1. The van der Waals surface area contributed by atoms with E-state index in [0.717, 1.165) is 5.56 Å². The fourth-order valence-electron chi connectivity index (χ4n) is 2.21. The lowest BCUT2D eigenvalue weighted by Crippen LogP contribution is -2.34. The molecule has 2 atom stereocenters. The number of hydrogen-bond donors (Lipinski definition) is 2. The Morgan fingerprint density at radius 3 is 2.67 bits per heavy atom. The number of nitrogens with one attached hydrogen (secondary N) is 1. The monoisotopic (exact) mass is 303 g/mol. The van der Waals surface area contributed by atoms with Crippen molar-refractivity contribution in [3.8, 4) is 0 Å². The van der Waals surface area contributed by atoms with Crippen LogP contribution in [0.1, 0.15) is 37.3 Å². The van der Waals surface area contributed by atoms with E-state index in [1.165, 1.54) is 5.56 Å². The molecule has 1 heterocycles. The first-order valence-corrected chi connectivity index (χ1v) is 8.00. The molecule has 0 aliphatic rings. The van der Waals surface area contributed by atoms with Crippen LogP contribution in [0.3, 0.4) is 0 Å². The van der Waals surface area contributed by atoms with Gasteiger partial charge in [0, 0.05) is 6.54 Å². The molecule has 1 aromatic carbocycles. The molecule has 4 heteroatoms. The molecular weight excluding hydrogens is 282 g/mol. The van der Waals surface area contributed by atoms with Crippen LogP contribution in [0, 0.1) is 0 Å². The van der Waals surface area contributed by atoms with Gasteiger partial charge in [0.25, 0.3) is 0 Å². The van der Waals surface area contributed by atoms with Gasteiger partial charge in [0.05, 0.1) is 12.0 Å². The first-order chi connectivity index (χ1) is 9.99. The summed E-state index contributed by atoms with van der Waals surface area (Å²) in [5.41, 5.74) is 0.845. The Morgan fingerprint density at radius 1 is 1.33 bits per heavy atom. The topological polar surface area (TPSA) is 49.3 Å². The van der Waals surface area contributed by atoms with E-state index in [2.05, 4.69) is 23.7 Å². The lowest BCUT2D eigenvalue weighted by atomic mass is 9.92. The highest BCUT2D eigenvalue weighted by Gasteiger charge is 2.26. The summed E-state index contributed by atoms with van der Waals surface area (Å²) in [6.07, 6.45) is 0.0629. The van der Waals surface area contributed by atoms with Gasteiger partial charge < -0.3 is 10.4 Å². The number of carbonyl (C=O) groups excluding carboxylic acids is 1. The van der Waals surface area contributed by atoms with Gasteiger partial charge in [-0.3, -0.25) is 4.79 Å². The van der Waals surface area contributed by atoms with Gasteiger partial charge in [-0.15, -0.1) is 0 Å².